The first-order chi connectivity index (χ1) is 15.6. The average molecular weight is 431 g/mol. The van der Waals surface area contributed by atoms with Crippen molar-refractivity contribution in [3.63, 3.8) is 0 Å². The smallest absolute Gasteiger partial charge is 0.192 e. The highest BCUT2D eigenvalue weighted by Crippen LogP contribution is 2.40. The molecule has 1 heterocycles. The molecule has 6 nitrogen and oxygen atoms in total. The van der Waals surface area contributed by atoms with Gasteiger partial charge in [0.15, 0.2) is 11.8 Å². The number of benzene rings is 2. The molecule has 0 radical (unpaired) electrons. The van der Waals surface area contributed by atoms with E-state index in [1.807, 2.05) is 24.6 Å². The summed E-state index contributed by atoms with van der Waals surface area (Å²) in [7, 11) is 1.98. The number of nitrogens with zero attached hydrogens (tertiary/aromatic N) is 4. The maximum Gasteiger partial charge on any atom is 0.192 e. The summed E-state index contributed by atoms with van der Waals surface area (Å²) in [5, 5.41) is 15.7. The van der Waals surface area contributed by atoms with Crippen LogP contribution in [0.5, 0.6) is 0 Å². The number of hydrogen-bond donors (Lipinski definition) is 2. The number of nitrogens with one attached hydrogen (secondary N) is 2. The third kappa shape index (κ3) is 5.01. The Labute approximate surface area is 191 Å². The van der Waals surface area contributed by atoms with Crippen molar-refractivity contribution in [3.8, 4) is 0 Å². The Kier molecular flexibility index (Phi) is 6.88. The topological polar surface area (TPSA) is 67.1 Å². The van der Waals surface area contributed by atoms with E-state index in [4.69, 9.17) is 4.99 Å². The predicted octanol–water partition coefficient (Wildman–Crippen LogP) is 4.43. The summed E-state index contributed by atoms with van der Waals surface area (Å²) in [6.07, 6.45) is 4.95. The molecule has 1 aliphatic carbocycles. The second-order valence-corrected chi connectivity index (χ2v) is 8.87. The molecule has 3 aromatic rings. The summed E-state index contributed by atoms with van der Waals surface area (Å²) in [5.74, 6) is 2.56. The van der Waals surface area contributed by atoms with Gasteiger partial charge in [0.2, 0.25) is 0 Å². The molecule has 1 unspecified atom stereocenters. The largest absolute Gasteiger partial charge is 0.355 e. The Morgan fingerprint density at radius 3 is 2.31 bits per heavy atom. The molecule has 1 aromatic heterocycles. The summed E-state index contributed by atoms with van der Waals surface area (Å²) in [5.41, 5.74) is 2.81. The summed E-state index contributed by atoms with van der Waals surface area (Å²) >= 11 is 0. The zero-order valence-electron chi connectivity index (χ0n) is 19.4. The highest BCUT2D eigenvalue weighted by Gasteiger charge is 2.35. The number of aliphatic imine (C=N–C) groups is 1. The minimum atomic E-state index is 0.139. The standard InChI is InChI=1S/C26H34N6/c1-20(22-12-6-4-7-13-22)29-25(27-18-24-31-30-21(2)32(24)3)28-19-26(16-10-11-17-26)23-14-8-5-9-15-23/h4-9,12-15,20H,10-11,16-19H2,1-3H3,(H2,27,28,29). The first-order valence-corrected chi connectivity index (χ1v) is 11.6. The van der Waals surface area contributed by atoms with Gasteiger partial charge in [-0.15, -0.1) is 10.2 Å². The minimum Gasteiger partial charge on any atom is -0.355 e. The van der Waals surface area contributed by atoms with E-state index >= 15 is 0 Å². The molecule has 1 aliphatic rings. The van der Waals surface area contributed by atoms with Gasteiger partial charge >= 0.3 is 0 Å². The molecule has 1 fully saturated rings. The van der Waals surface area contributed by atoms with Gasteiger partial charge in [0, 0.05) is 19.0 Å². The molecule has 2 N–H and O–H groups in total. The van der Waals surface area contributed by atoms with Gasteiger partial charge in [-0.1, -0.05) is 73.5 Å². The van der Waals surface area contributed by atoms with Gasteiger partial charge in [0.25, 0.3) is 0 Å². The van der Waals surface area contributed by atoms with Gasteiger partial charge in [-0.3, -0.25) is 0 Å². The van der Waals surface area contributed by atoms with Crippen LogP contribution < -0.4 is 10.6 Å². The summed E-state index contributed by atoms with van der Waals surface area (Å²) in [6.45, 7) is 5.47. The number of hydrogen-bond acceptors (Lipinski definition) is 3. The second kappa shape index (κ2) is 9.98. The maximum atomic E-state index is 4.89. The Hall–Kier alpha value is -3.15. The van der Waals surface area contributed by atoms with Gasteiger partial charge in [-0.25, -0.2) is 4.99 Å². The molecule has 168 valence electrons. The normalized spacial score (nSPS) is 16.7. The lowest BCUT2D eigenvalue weighted by atomic mass is 9.79. The van der Waals surface area contributed by atoms with Crippen molar-refractivity contribution in [2.24, 2.45) is 12.0 Å². The fourth-order valence-corrected chi connectivity index (χ4v) is 4.59. The Morgan fingerprint density at radius 2 is 1.69 bits per heavy atom. The molecule has 6 heteroatoms. The zero-order chi connectivity index (χ0) is 22.4. The van der Waals surface area contributed by atoms with E-state index < -0.39 is 0 Å². The number of aryl methyl sites for hydroxylation is 1. The Morgan fingerprint density at radius 1 is 1.03 bits per heavy atom. The molecule has 1 saturated carbocycles. The highest BCUT2D eigenvalue weighted by molar-refractivity contribution is 5.80. The number of aromatic nitrogens is 3. The lowest BCUT2D eigenvalue weighted by molar-refractivity contribution is 0.430. The van der Waals surface area contributed by atoms with Crippen LogP contribution in [0.15, 0.2) is 65.7 Å². The van der Waals surface area contributed by atoms with Crippen molar-refractivity contribution < 1.29 is 0 Å². The first-order valence-electron chi connectivity index (χ1n) is 11.6. The van der Waals surface area contributed by atoms with Gasteiger partial charge in [0.05, 0.1) is 6.04 Å². The van der Waals surface area contributed by atoms with Crippen LogP contribution in [0.25, 0.3) is 0 Å². The van der Waals surface area contributed by atoms with E-state index in [0.717, 1.165) is 24.2 Å². The molecule has 0 spiro atoms. The third-order valence-electron chi connectivity index (χ3n) is 6.76. The molecule has 1 atom stereocenters. The zero-order valence-corrected chi connectivity index (χ0v) is 19.4. The van der Waals surface area contributed by atoms with E-state index in [0.29, 0.717) is 6.54 Å². The predicted molar refractivity (Wildman–Crippen MR) is 129 cm³/mol. The van der Waals surface area contributed by atoms with Crippen LogP contribution in [0.3, 0.4) is 0 Å². The van der Waals surface area contributed by atoms with Crippen molar-refractivity contribution in [2.75, 3.05) is 6.54 Å². The maximum absolute atomic E-state index is 4.89. The van der Waals surface area contributed by atoms with Crippen molar-refractivity contribution in [2.45, 2.75) is 57.5 Å². The van der Waals surface area contributed by atoms with E-state index in [2.05, 4.69) is 82.4 Å². The van der Waals surface area contributed by atoms with E-state index in [1.54, 1.807) is 0 Å². The lowest BCUT2D eigenvalue weighted by Crippen LogP contribution is -2.45. The van der Waals surface area contributed by atoms with Crippen LogP contribution in [-0.2, 0) is 19.0 Å². The second-order valence-electron chi connectivity index (χ2n) is 8.87. The van der Waals surface area contributed by atoms with Crippen LogP contribution in [0.4, 0.5) is 0 Å². The van der Waals surface area contributed by atoms with Gasteiger partial charge < -0.3 is 15.2 Å². The van der Waals surface area contributed by atoms with E-state index in [1.165, 1.54) is 36.8 Å². The number of rotatable bonds is 7. The van der Waals surface area contributed by atoms with Crippen LogP contribution in [0.1, 0.15) is 61.4 Å². The molecule has 0 aliphatic heterocycles. The van der Waals surface area contributed by atoms with Crippen molar-refractivity contribution >= 4 is 5.96 Å². The quantitative estimate of drug-likeness (QED) is 0.430. The van der Waals surface area contributed by atoms with Crippen molar-refractivity contribution in [3.05, 3.63) is 83.4 Å². The van der Waals surface area contributed by atoms with Gasteiger partial charge in [-0.05, 0) is 37.8 Å². The molecule has 4 rings (SSSR count). The molecule has 0 bridgehead atoms. The SMILES string of the molecule is Cc1nnc(CN=C(NCC2(c3ccccc3)CCCC2)NC(C)c2ccccc2)n1C. The van der Waals surface area contributed by atoms with Crippen LogP contribution >= 0.6 is 0 Å². The van der Waals surface area contributed by atoms with E-state index in [-0.39, 0.29) is 11.5 Å². The van der Waals surface area contributed by atoms with Crippen LogP contribution in [0.2, 0.25) is 0 Å². The fraction of sp³-hybridized carbons (Fsp3) is 0.423. The summed E-state index contributed by atoms with van der Waals surface area (Å²) < 4.78 is 1.99. The molecule has 0 amide bonds. The molecular formula is C26H34N6. The average Bonchev–Trinajstić information content (AvgIpc) is 3.44. The molecular weight excluding hydrogens is 396 g/mol. The molecule has 32 heavy (non-hydrogen) atoms. The highest BCUT2D eigenvalue weighted by atomic mass is 15.3. The third-order valence-corrected chi connectivity index (χ3v) is 6.76. The number of guanidine groups is 1. The van der Waals surface area contributed by atoms with Crippen LogP contribution in [0, 0.1) is 6.92 Å². The van der Waals surface area contributed by atoms with Gasteiger partial charge in [-0.2, -0.15) is 0 Å². The lowest BCUT2D eigenvalue weighted by Gasteiger charge is -2.31. The van der Waals surface area contributed by atoms with Gasteiger partial charge in [0.1, 0.15) is 12.4 Å². The van der Waals surface area contributed by atoms with Crippen molar-refractivity contribution in [1.29, 1.82) is 0 Å². The summed E-state index contributed by atoms with van der Waals surface area (Å²) in [4.78, 5) is 4.89. The van der Waals surface area contributed by atoms with Crippen molar-refractivity contribution in [1.82, 2.24) is 25.4 Å². The van der Waals surface area contributed by atoms with Crippen LogP contribution in [-0.4, -0.2) is 27.3 Å². The van der Waals surface area contributed by atoms with E-state index in [9.17, 15) is 0 Å². The summed E-state index contributed by atoms with van der Waals surface area (Å²) in [6, 6.07) is 21.5. The minimum absolute atomic E-state index is 0.139. The molecule has 0 saturated heterocycles. The first kappa shape index (κ1) is 22.1. The Balaban J connectivity index is 1.54. The fourth-order valence-electron chi connectivity index (χ4n) is 4.59. The molecule has 2 aromatic carbocycles. The monoisotopic (exact) mass is 430 g/mol. The Bertz CT molecular complexity index is 1020.